The Morgan fingerprint density at radius 3 is 1.26 bits per heavy atom. The van der Waals surface area contributed by atoms with E-state index in [0.717, 1.165) is 11.1 Å². The fourth-order valence-electron chi connectivity index (χ4n) is 2.15. The lowest BCUT2D eigenvalue weighted by molar-refractivity contribution is 0.246. The van der Waals surface area contributed by atoms with Gasteiger partial charge in [0.2, 0.25) is 0 Å². The van der Waals surface area contributed by atoms with Gasteiger partial charge in [-0.3, -0.25) is 0 Å². The van der Waals surface area contributed by atoms with Gasteiger partial charge in [-0.25, -0.2) is 0 Å². The number of hydrogen-bond donors (Lipinski definition) is 0. The van der Waals surface area contributed by atoms with E-state index in [1.807, 2.05) is 53.7 Å². The lowest BCUT2D eigenvalue weighted by atomic mass is 10.2. The second-order valence-electron chi connectivity index (χ2n) is 5.12. The minimum Gasteiger partial charge on any atom is -0.492 e. The van der Waals surface area contributed by atoms with Crippen molar-refractivity contribution < 1.29 is 9.47 Å². The number of hydrogen-bond acceptors (Lipinski definition) is 2. The number of rotatable bonds is 6. The molecular weight excluding hydrogens is 426 g/mol. The summed E-state index contributed by atoms with van der Waals surface area (Å²) in [6.45, 7) is 12.8. The van der Waals surface area contributed by atoms with Crippen molar-refractivity contribution in [2.45, 2.75) is 48.0 Å². The molecule has 0 spiro atoms. The van der Waals surface area contributed by atoms with Gasteiger partial charge in [0.15, 0.2) is 0 Å². The van der Waals surface area contributed by atoms with Crippen LogP contribution in [0, 0.1) is 13.8 Å². The first kappa shape index (κ1) is 26.2. The molecule has 0 amide bonds. The van der Waals surface area contributed by atoms with Gasteiger partial charge in [-0.1, -0.05) is 74.1 Å². The van der Waals surface area contributed by atoms with Crippen molar-refractivity contribution in [3.8, 4) is 11.5 Å². The van der Waals surface area contributed by atoms with Crippen LogP contribution in [0.3, 0.4) is 0 Å². The standard InChI is InChI=1S/C17H16Cl4O2.2C2H6/c1-10-6-12(18)8-14(20)16(10)22-4-3-5-23-17-11(2)7-13(19)9-15(17)21;2*1-2/h6-9H,3-5H2,1-2H3;2*1-2H3. The molecule has 0 aromatic heterocycles. The van der Waals surface area contributed by atoms with Gasteiger partial charge in [-0.05, 0) is 49.2 Å². The third kappa shape index (κ3) is 8.83. The molecule has 0 aliphatic carbocycles. The summed E-state index contributed by atoms with van der Waals surface area (Å²) in [7, 11) is 0. The van der Waals surface area contributed by atoms with E-state index in [1.54, 1.807) is 12.1 Å². The Labute approximate surface area is 183 Å². The summed E-state index contributed by atoms with van der Waals surface area (Å²) in [6.07, 6.45) is 0.691. The van der Waals surface area contributed by atoms with Crippen LogP contribution in [-0.4, -0.2) is 13.2 Å². The van der Waals surface area contributed by atoms with Crippen molar-refractivity contribution in [3.63, 3.8) is 0 Å². The van der Waals surface area contributed by atoms with Crippen LogP contribution >= 0.6 is 46.4 Å². The molecule has 0 aliphatic rings. The quantitative estimate of drug-likeness (QED) is 0.406. The maximum atomic E-state index is 6.13. The van der Waals surface area contributed by atoms with Crippen molar-refractivity contribution >= 4 is 46.4 Å². The molecule has 0 saturated heterocycles. The molecule has 2 nitrogen and oxygen atoms in total. The zero-order valence-corrected chi connectivity index (χ0v) is 19.8. The second kappa shape index (κ2) is 14.2. The van der Waals surface area contributed by atoms with E-state index in [9.17, 15) is 0 Å². The molecule has 0 heterocycles. The van der Waals surface area contributed by atoms with Crippen molar-refractivity contribution in [1.82, 2.24) is 0 Å². The maximum absolute atomic E-state index is 6.13. The summed E-state index contributed by atoms with van der Waals surface area (Å²) in [5.74, 6) is 1.30. The molecule has 0 fully saturated rings. The molecule has 2 aromatic carbocycles. The van der Waals surface area contributed by atoms with Crippen LogP contribution < -0.4 is 9.47 Å². The van der Waals surface area contributed by atoms with Gasteiger partial charge in [0.05, 0.1) is 23.3 Å². The highest BCUT2D eigenvalue weighted by Gasteiger charge is 2.09. The molecule has 0 radical (unpaired) electrons. The van der Waals surface area contributed by atoms with Crippen molar-refractivity contribution in [3.05, 3.63) is 55.5 Å². The van der Waals surface area contributed by atoms with Crippen molar-refractivity contribution in [2.24, 2.45) is 0 Å². The lowest BCUT2D eigenvalue weighted by Crippen LogP contribution is -2.07. The molecule has 0 bridgehead atoms. The second-order valence-corrected chi connectivity index (χ2v) is 6.81. The highest BCUT2D eigenvalue weighted by Crippen LogP contribution is 2.33. The Kier molecular flexibility index (Phi) is 13.8. The number of aryl methyl sites for hydroxylation is 2. The Bertz CT molecular complexity index is 597. The van der Waals surface area contributed by atoms with Crippen LogP contribution in [0.15, 0.2) is 24.3 Å². The van der Waals surface area contributed by atoms with Gasteiger partial charge in [0.1, 0.15) is 11.5 Å². The zero-order valence-electron chi connectivity index (χ0n) is 16.8. The molecule has 6 heteroatoms. The molecule has 0 atom stereocenters. The monoisotopic (exact) mass is 452 g/mol. The Morgan fingerprint density at radius 1 is 0.630 bits per heavy atom. The molecule has 2 rings (SSSR count). The average molecular weight is 454 g/mol. The van der Waals surface area contributed by atoms with Crippen LogP contribution in [0.1, 0.15) is 45.2 Å². The van der Waals surface area contributed by atoms with E-state index >= 15 is 0 Å². The first-order chi connectivity index (χ1) is 12.9. The van der Waals surface area contributed by atoms with E-state index in [4.69, 9.17) is 55.9 Å². The highest BCUT2D eigenvalue weighted by atomic mass is 35.5. The molecule has 2 aromatic rings. The smallest absolute Gasteiger partial charge is 0.140 e. The number of halogens is 4. The SMILES string of the molecule is CC.CC.Cc1cc(Cl)cc(Cl)c1OCCCOc1c(C)cc(Cl)cc1Cl. The van der Waals surface area contributed by atoms with Gasteiger partial charge >= 0.3 is 0 Å². The normalized spacial score (nSPS) is 9.56. The topological polar surface area (TPSA) is 18.5 Å². The summed E-state index contributed by atoms with van der Waals surface area (Å²) >= 11 is 24.1. The van der Waals surface area contributed by atoms with Crippen molar-refractivity contribution in [2.75, 3.05) is 13.2 Å². The molecule has 27 heavy (non-hydrogen) atoms. The van der Waals surface area contributed by atoms with Crippen LogP contribution in [-0.2, 0) is 0 Å². The number of benzene rings is 2. The van der Waals surface area contributed by atoms with Gasteiger partial charge in [-0.2, -0.15) is 0 Å². The molecule has 152 valence electrons. The van der Waals surface area contributed by atoms with E-state index in [-0.39, 0.29) is 0 Å². The van der Waals surface area contributed by atoms with Crippen LogP contribution in [0.2, 0.25) is 20.1 Å². The first-order valence-electron chi connectivity index (χ1n) is 9.05. The Hall–Kier alpha value is -0.800. The summed E-state index contributed by atoms with van der Waals surface area (Å²) in [6, 6.07) is 6.96. The maximum Gasteiger partial charge on any atom is 0.140 e. The third-order valence-electron chi connectivity index (χ3n) is 3.17. The minimum atomic E-state index is 0.479. The molecule has 0 unspecified atom stereocenters. The van der Waals surface area contributed by atoms with Crippen molar-refractivity contribution in [1.29, 1.82) is 0 Å². The van der Waals surface area contributed by atoms with Gasteiger partial charge in [0, 0.05) is 16.5 Å². The van der Waals surface area contributed by atoms with Crippen LogP contribution in [0.25, 0.3) is 0 Å². The van der Waals surface area contributed by atoms with E-state index in [1.165, 1.54) is 0 Å². The van der Waals surface area contributed by atoms with Gasteiger partial charge < -0.3 is 9.47 Å². The van der Waals surface area contributed by atoms with E-state index < -0.39 is 0 Å². The molecular formula is C21H28Cl4O2. The average Bonchev–Trinajstić information content (AvgIpc) is 2.61. The summed E-state index contributed by atoms with van der Waals surface area (Å²) in [5.41, 5.74) is 1.81. The van der Waals surface area contributed by atoms with Gasteiger partial charge in [0.25, 0.3) is 0 Å². The number of ether oxygens (including phenoxy) is 2. The molecule has 0 aliphatic heterocycles. The predicted molar refractivity (Wildman–Crippen MR) is 121 cm³/mol. The fraction of sp³-hybridized carbons (Fsp3) is 0.429. The first-order valence-corrected chi connectivity index (χ1v) is 10.6. The zero-order chi connectivity index (χ0) is 21.0. The van der Waals surface area contributed by atoms with E-state index in [2.05, 4.69) is 0 Å². The van der Waals surface area contributed by atoms with Gasteiger partial charge in [-0.15, -0.1) is 0 Å². The molecule has 0 N–H and O–H groups in total. The fourth-order valence-corrected chi connectivity index (χ4v) is 3.45. The predicted octanol–water partition coefficient (Wildman–Crippen LogP) is 8.82. The summed E-state index contributed by atoms with van der Waals surface area (Å²) < 4.78 is 11.4. The lowest BCUT2D eigenvalue weighted by Gasteiger charge is -2.13. The van der Waals surface area contributed by atoms with Crippen LogP contribution in [0.4, 0.5) is 0 Å². The largest absolute Gasteiger partial charge is 0.492 e. The summed E-state index contributed by atoms with van der Waals surface area (Å²) in [4.78, 5) is 0. The van der Waals surface area contributed by atoms with Crippen LogP contribution in [0.5, 0.6) is 11.5 Å². The summed E-state index contributed by atoms with van der Waals surface area (Å²) in [5, 5.41) is 2.20. The third-order valence-corrected chi connectivity index (χ3v) is 4.17. The Morgan fingerprint density at radius 2 is 0.963 bits per heavy atom. The Balaban J connectivity index is 0.00000158. The minimum absolute atomic E-state index is 0.479. The van der Waals surface area contributed by atoms with E-state index in [0.29, 0.717) is 51.2 Å². The highest BCUT2D eigenvalue weighted by molar-refractivity contribution is 6.36. The molecule has 0 saturated carbocycles.